The first-order valence-electron chi connectivity index (χ1n) is 7.38. The predicted octanol–water partition coefficient (Wildman–Crippen LogP) is 2.69. The zero-order chi connectivity index (χ0) is 14.4. The molecule has 2 heterocycles. The van der Waals surface area contributed by atoms with Crippen LogP contribution < -0.4 is 5.73 Å². The Hall–Kier alpha value is -1.01. The molecule has 1 aliphatic carbocycles. The zero-order valence-electron chi connectivity index (χ0n) is 12.5. The van der Waals surface area contributed by atoms with Crippen LogP contribution in [0.4, 0.5) is 0 Å². The minimum Gasteiger partial charge on any atom is -0.325 e. The van der Waals surface area contributed by atoms with Gasteiger partial charge in [-0.3, -0.25) is 0 Å². The first-order valence-corrected chi connectivity index (χ1v) is 8.20. The van der Waals surface area contributed by atoms with Gasteiger partial charge < -0.3 is 5.73 Å². The highest BCUT2D eigenvalue weighted by atomic mass is 32.1. The molecule has 0 bridgehead atoms. The number of hydrogen-bond acceptors (Lipinski definition) is 5. The van der Waals surface area contributed by atoms with Crippen LogP contribution in [0, 0.1) is 0 Å². The van der Waals surface area contributed by atoms with E-state index in [9.17, 15) is 0 Å². The second-order valence-electron chi connectivity index (χ2n) is 7.06. The highest BCUT2D eigenvalue weighted by Crippen LogP contribution is 2.31. The van der Waals surface area contributed by atoms with Crippen molar-refractivity contribution in [2.24, 2.45) is 5.73 Å². The summed E-state index contributed by atoms with van der Waals surface area (Å²) in [5.41, 5.74) is 6.42. The second-order valence-corrected chi connectivity index (χ2v) is 8.10. The monoisotopic (exact) mass is 293 g/mol. The topological polar surface area (TPSA) is 69.1 Å². The van der Waals surface area contributed by atoms with E-state index < -0.39 is 0 Å². The molecule has 0 saturated heterocycles. The van der Waals surface area contributed by atoms with Crippen LogP contribution in [0.5, 0.6) is 0 Å². The van der Waals surface area contributed by atoms with E-state index in [4.69, 9.17) is 10.8 Å². The SMILES string of the molecule is CC(C)(C)c1nnc2sc(CC3(N)CCCCC3)nn12. The Bertz CT molecular complexity index is 601. The fourth-order valence-electron chi connectivity index (χ4n) is 2.93. The van der Waals surface area contributed by atoms with Crippen molar-refractivity contribution < 1.29 is 0 Å². The fourth-order valence-corrected chi connectivity index (χ4v) is 3.92. The quantitative estimate of drug-likeness (QED) is 0.924. The van der Waals surface area contributed by atoms with Crippen LogP contribution in [0.15, 0.2) is 0 Å². The summed E-state index contributed by atoms with van der Waals surface area (Å²) in [4.78, 5) is 0.879. The van der Waals surface area contributed by atoms with Gasteiger partial charge in [-0.15, -0.1) is 10.2 Å². The Labute approximate surface area is 123 Å². The van der Waals surface area contributed by atoms with Gasteiger partial charge in [0.1, 0.15) is 5.01 Å². The summed E-state index contributed by atoms with van der Waals surface area (Å²) in [6.45, 7) is 6.40. The molecule has 5 nitrogen and oxygen atoms in total. The lowest BCUT2D eigenvalue weighted by molar-refractivity contribution is 0.293. The molecule has 2 aromatic heterocycles. The van der Waals surface area contributed by atoms with Gasteiger partial charge in [0, 0.05) is 17.4 Å². The van der Waals surface area contributed by atoms with Gasteiger partial charge in [-0.2, -0.15) is 9.61 Å². The number of nitrogens with zero attached hydrogens (tertiary/aromatic N) is 4. The Kier molecular flexibility index (Phi) is 3.33. The molecule has 1 fully saturated rings. The molecule has 20 heavy (non-hydrogen) atoms. The number of nitrogens with two attached hydrogens (primary N) is 1. The second kappa shape index (κ2) is 4.77. The first kappa shape index (κ1) is 13.9. The summed E-state index contributed by atoms with van der Waals surface area (Å²) >= 11 is 1.62. The van der Waals surface area contributed by atoms with Gasteiger partial charge in [0.2, 0.25) is 4.96 Å². The summed E-state index contributed by atoms with van der Waals surface area (Å²) in [6, 6.07) is 0. The summed E-state index contributed by atoms with van der Waals surface area (Å²) in [5.74, 6) is 0.921. The molecule has 0 aliphatic heterocycles. The Balaban J connectivity index is 1.88. The Morgan fingerprint density at radius 1 is 1.20 bits per heavy atom. The van der Waals surface area contributed by atoms with E-state index in [1.165, 1.54) is 19.3 Å². The summed E-state index contributed by atoms with van der Waals surface area (Å²) < 4.78 is 1.90. The average Bonchev–Trinajstić information content (AvgIpc) is 2.86. The normalized spacial score (nSPS) is 19.6. The number of aromatic nitrogens is 4. The maximum absolute atomic E-state index is 6.53. The van der Waals surface area contributed by atoms with Crippen LogP contribution in [0.25, 0.3) is 4.96 Å². The largest absolute Gasteiger partial charge is 0.325 e. The van der Waals surface area contributed by atoms with E-state index in [-0.39, 0.29) is 11.0 Å². The van der Waals surface area contributed by atoms with Gasteiger partial charge in [-0.25, -0.2) is 0 Å². The molecule has 1 aliphatic rings. The maximum Gasteiger partial charge on any atom is 0.234 e. The van der Waals surface area contributed by atoms with Crippen molar-refractivity contribution in [3.05, 3.63) is 10.8 Å². The van der Waals surface area contributed by atoms with Gasteiger partial charge in [0.15, 0.2) is 5.82 Å². The van der Waals surface area contributed by atoms with Crippen molar-refractivity contribution in [2.45, 2.75) is 70.3 Å². The van der Waals surface area contributed by atoms with Gasteiger partial charge in [0.05, 0.1) is 0 Å². The molecule has 2 N–H and O–H groups in total. The number of hydrogen-bond donors (Lipinski definition) is 1. The van der Waals surface area contributed by atoms with Crippen molar-refractivity contribution in [3.63, 3.8) is 0 Å². The number of rotatable bonds is 2. The third-order valence-electron chi connectivity index (χ3n) is 4.06. The molecule has 110 valence electrons. The summed E-state index contributed by atoms with van der Waals surface area (Å²) in [6.07, 6.45) is 6.89. The van der Waals surface area contributed by atoms with Crippen LogP contribution >= 0.6 is 11.3 Å². The summed E-state index contributed by atoms with van der Waals surface area (Å²) in [5, 5.41) is 14.3. The van der Waals surface area contributed by atoms with Gasteiger partial charge in [-0.05, 0) is 12.8 Å². The molecular weight excluding hydrogens is 270 g/mol. The molecule has 0 aromatic carbocycles. The van der Waals surface area contributed by atoms with Crippen LogP contribution in [-0.4, -0.2) is 25.4 Å². The van der Waals surface area contributed by atoms with Crippen LogP contribution in [0.1, 0.15) is 63.7 Å². The molecule has 0 atom stereocenters. The van der Waals surface area contributed by atoms with E-state index >= 15 is 0 Å². The van der Waals surface area contributed by atoms with E-state index in [0.717, 1.165) is 35.1 Å². The van der Waals surface area contributed by atoms with Crippen LogP contribution in [0.3, 0.4) is 0 Å². The smallest absolute Gasteiger partial charge is 0.234 e. The zero-order valence-corrected chi connectivity index (χ0v) is 13.3. The van der Waals surface area contributed by atoms with E-state index in [0.29, 0.717) is 0 Å². The molecule has 2 aromatic rings. The maximum atomic E-state index is 6.53. The highest BCUT2D eigenvalue weighted by Gasteiger charge is 2.30. The van der Waals surface area contributed by atoms with Gasteiger partial charge >= 0.3 is 0 Å². The third-order valence-corrected chi connectivity index (χ3v) is 4.95. The molecule has 1 saturated carbocycles. The molecule has 0 unspecified atom stereocenters. The van der Waals surface area contributed by atoms with E-state index in [1.807, 2.05) is 4.52 Å². The molecule has 3 rings (SSSR count). The molecular formula is C14H23N5S. The lowest BCUT2D eigenvalue weighted by Gasteiger charge is -2.32. The lowest BCUT2D eigenvalue weighted by atomic mass is 9.80. The predicted molar refractivity (Wildman–Crippen MR) is 81.1 cm³/mol. The van der Waals surface area contributed by atoms with E-state index in [1.54, 1.807) is 11.3 Å². The van der Waals surface area contributed by atoms with Crippen molar-refractivity contribution in [2.75, 3.05) is 0 Å². The fraction of sp³-hybridized carbons (Fsp3) is 0.786. The average molecular weight is 293 g/mol. The first-order chi connectivity index (χ1) is 9.37. The van der Waals surface area contributed by atoms with Crippen molar-refractivity contribution in [1.29, 1.82) is 0 Å². The van der Waals surface area contributed by atoms with Crippen molar-refractivity contribution >= 4 is 16.3 Å². The highest BCUT2D eigenvalue weighted by molar-refractivity contribution is 7.16. The molecule has 0 radical (unpaired) electrons. The molecule has 0 spiro atoms. The minimum atomic E-state index is -0.0660. The van der Waals surface area contributed by atoms with Gasteiger partial charge in [0.25, 0.3) is 0 Å². The van der Waals surface area contributed by atoms with Crippen LogP contribution in [0.2, 0.25) is 0 Å². The standard InChI is InChI=1S/C14H23N5S/c1-13(2,3)11-16-17-12-19(11)18-10(20-12)9-14(15)7-5-4-6-8-14/h4-9,15H2,1-3H3. The van der Waals surface area contributed by atoms with E-state index in [2.05, 4.69) is 31.0 Å². The van der Waals surface area contributed by atoms with Crippen LogP contribution in [-0.2, 0) is 11.8 Å². The van der Waals surface area contributed by atoms with Crippen molar-refractivity contribution in [1.82, 2.24) is 19.8 Å². The van der Waals surface area contributed by atoms with Crippen molar-refractivity contribution in [3.8, 4) is 0 Å². The number of fused-ring (bicyclic) bond motifs is 1. The molecule has 0 amide bonds. The minimum absolute atomic E-state index is 0.0456. The Morgan fingerprint density at radius 2 is 1.90 bits per heavy atom. The summed E-state index contributed by atoms with van der Waals surface area (Å²) in [7, 11) is 0. The third kappa shape index (κ3) is 2.59. The lowest BCUT2D eigenvalue weighted by Crippen LogP contribution is -2.43. The van der Waals surface area contributed by atoms with Gasteiger partial charge in [-0.1, -0.05) is 51.4 Å². The Morgan fingerprint density at radius 3 is 2.55 bits per heavy atom. The molecule has 6 heteroatoms.